The van der Waals surface area contributed by atoms with Crippen molar-refractivity contribution >= 4 is 40.8 Å². The lowest BCUT2D eigenvalue weighted by Gasteiger charge is -2.29. The summed E-state index contributed by atoms with van der Waals surface area (Å²) in [5, 5.41) is 15.2. The molecule has 3 N–H and O–H groups in total. The van der Waals surface area contributed by atoms with E-state index in [2.05, 4.69) is 10.6 Å². The van der Waals surface area contributed by atoms with Crippen molar-refractivity contribution in [3.05, 3.63) is 52.5 Å². The topological polar surface area (TPSA) is 98.7 Å². The molecule has 0 unspecified atom stereocenters. The zero-order valence-electron chi connectivity index (χ0n) is 15.0. The van der Waals surface area contributed by atoms with E-state index in [1.54, 1.807) is 20.8 Å². The Morgan fingerprint density at radius 3 is 2.33 bits per heavy atom. The number of anilines is 2. The van der Waals surface area contributed by atoms with Gasteiger partial charge in [0.15, 0.2) is 0 Å². The van der Waals surface area contributed by atoms with Crippen LogP contribution in [0.3, 0.4) is 0 Å². The molecule has 4 amide bonds. The minimum Gasteiger partial charge on any atom is -0.506 e. The maximum absolute atomic E-state index is 12.6. The predicted octanol–water partition coefficient (Wildman–Crippen LogP) is 4.08. The molecule has 0 saturated carbocycles. The summed E-state index contributed by atoms with van der Waals surface area (Å²) in [6, 6.07) is 8.13. The summed E-state index contributed by atoms with van der Waals surface area (Å²) in [6.45, 7) is 5.33. The second-order valence-electron chi connectivity index (χ2n) is 7.12. The van der Waals surface area contributed by atoms with Crippen molar-refractivity contribution in [3.8, 4) is 5.75 Å². The number of benzene rings is 2. The average molecular weight is 388 g/mol. The van der Waals surface area contributed by atoms with Gasteiger partial charge in [-0.3, -0.25) is 14.5 Å². The van der Waals surface area contributed by atoms with Crippen LogP contribution in [0.15, 0.2) is 36.4 Å². The van der Waals surface area contributed by atoms with Crippen molar-refractivity contribution in [2.24, 2.45) is 0 Å². The number of urea groups is 1. The highest BCUT2D eigenvalue weighted by Crippen LogP contribution is 2.31. The van der Waals surface area contributed by atoms with Crippen LogP contribution in [0.5, 0.6) is 5.75 Å². The number of carbonyl (C=O) groups excluding carboxylic acids is 3. The van der Waals surface area contributed by atoms with E-state index in [1.165, 1.54) is 41.3 Å². The van der Waals surface area contributed by atoms with Crippen LogP contribution in [0.25, 0.3) is 0 Å². The molecule has 0 aliphatic carbocycles. The van der Waals surface area contributed by atoms with Gasteiger partial charge in [0.2, 0.25) is 0 Å². The first-order chi connectivity index (χ1) is 12.6. The molecule has 0 aromatic heterocycles. The molecular weight excluding hydrogens is 370 g/mol. The lowest BCUT2D eigenvalue weighted by atomic mass is 10.1. The first-order valence-corrected chi connectivity index (χ1v) is 8.55. The van der Waals surface area contributed by atoms with Gasteiger partial charge in [-0.1, -0.05) is 11.6 Å². The van der Waals surface area contributed by atoms with Gasteiger partial charge in [0, 0.05) is 16.2 Å². The fourth-order valence-electron chi connectivity index (χ4n) is 2.82. The van der Waals surface area contributed by atoms with Gasteiger partial charge in [-0.2, -0.15) is 0 Å². The zero-order chi connectivity index (χ0) is 19.9. The third-order valence-electron chi connectivity index (χ3n) is 4.02. The number of phenolic OH excluding ortho intramolecular Hbond substituents is 1. The molecule has 140 valence electrons. The number of phenols is 1. The van der Waals surface area contributed by atoms with E-state index in [1.807, 2.05) is 0 Å². The number of fused-ring (bicyclic) bond motifs is 1. The summed E-state index contributed by atoms with van der Waals surface area (Å²) in [6.07, 6.45) is 0. The Kier molecular flexibility index (Phi) is 4.57. The second-order valence-corrected chi connectivity index (χ2v) is 7.55. The summed E-state index contributed by atoms with van der Waals surface area (Å²) in [7, 11) is 0. The van der Waals surface area contributed by atoms with Crippen LogP contribution in [0.4, 0.5) is 16.2 Å². The van der Waals surface area contributed by atoms with Gasteiger partial charge in [0.1, 0.15) is 5.75 Å². The van der Waals surface area contributed by atoms with E-state index < -0.39 is 17.5 Å². The van der Waals surface area contributed by atoms with Crippen molar-refractivity contribution in [3.63, 3.8) is 0 Å². The van der Waals surface area contributed by atoms with E-state index in [-0.39, 0.29) is 22.9 Å². The van der Waals surface area contributed by atoms with Gasteiger partial charge in [0.05, 0.1) is 16.8 Å². The molecule has 7 nitrogen and oxygen atoms in total. The molecule has 8 heteroatoms. The Labute approximate surface area is 160 Å². The SMILES string of the molecule is CC(C)(C)N1C(=O)c2ccc(NC(=O)Nc3cc(Cl)ccc3O)cc2C1=O. The standard InChI is InChI=1S/C19H18ClN3O4/c1-19(2,3)23-16(25)12-6-5-11(9-13(12)17(23)26)21-18(27)22-14-8-10(20)4-7-15(14)24/h4-9,24H,1-3H3,(H2,21,22,27). The molecule has 0 saturated heterocycles. The number of imide groups is 1. The van der Waals surface area contributed by atoms with Crippen LogP contribution < -0.4 is 10.6 Å². The highest BCUT2D eigenvalue weighted by atomic mass is 35.5. The molecule has 0 atom stereocenters. The maximum atomic E-state index is 12.6. The van der Waals surface area contributed by atoms with E-state index in [0.29, 0.717) is 16.3 Å². The lowest BCUT2D eigenvalue weighted by Crippen LogP contribution is -2.45. The van der Waals surface area contributed by atoms with Gasteiger partial charge < -0.3 is 15.7 Å². The number of nitrogens with one attached hydrogen (secondary N) is 2. The molecule has 1 aliphatic heterocycles. The van der Waals surface area contributed by atoms with Crippen LogP contribution in [0.1, 0.15) is 41.5 Å². The predicted molar refractivity (Wildman–Crippen MR) is 102 cm³/mol. The third-order valence-corrected chi connectivity index (χ3v) is 4.26. The number of hydrogen-bond acceptors (Lipinski definition) is 4. The molecule has 3 rings (SSSR count). The fraction of sp³-hybridized carbons (Fsp3) is 0.211. The highest BCUT2D eigenvalue weighted by Gasteiger charge is 2.41. The van der Waals surface area contributed by atoms with Crippen molar-refractivity contribution in [1.82, 2.24) is 4.90 Å². The molecule has 0 bridgehead atoms. The molecule has 27 heavy (non-hydrogen) atoms. The highest BCUT2D eigenvalue weighted by molar-refractivity contribution is 6.31. The Balaban J connectivity index is 1.80. The van der Waals surface area contributed by atoms with E-state index in [0.717, 1.165) is 0 Å². The third kappa shape index (κ3) is 3.59. The fourth-order valence-corrected chi connectivity index (χ4v) is 2.99. The number of halogens is 1. The number of hydrogen-bond donors (Lipinski definition) is 3. The maximum Gasteiger partial charge on any atom is 0.323 e. The van der Waals surface area contributed by atoms with Crippen LogP contribution in [-0.4, -0.2) is 33.4 Å². The normalized spacial score (nSPS) is 13.6. The van der Waals surface area contributed by atoms with Crippen molar-refractivity contribution < 1.29 is 19.5 Å². The van der Waals surface area contributed by atoms with Crippen LogP contribution in [0.2, 0.25) is 5.02 Å². The molecule has 2 aromatic rings. The average Bonchev–Trinajstić information content (AvgIpc) is 2.81. The van der Waals surface area contributed by atoms with Crippen LogP contribution in [0, 0.1) is 0 Å². The molecule has 1 aliphatic rings. The quantitative estimate of drug-likeness (QED) is 0.534. The summed E-state index contributed by atoms with van der Waals surface area (Å²) in [5.41, 5.74) is 0.366. The number of rotatable bonds is 2. The van der Waals surface area contributed by atoms with E-state index in [9.17, 15) is 19.5 Å². The monoisotopic (exact) mass is 387 g/mol. The molecule has 0 fully saturated rings. The zero-order valence-corrected chi connectivity index (χ0v) is 15.7. The minimum absolute atomic E-state index is 0.134. The molecule has 0 spiro atoms. The molecule has 0 radical (unpaired) electrons. The Morgan fingerprint density at radius 1 is 1.00 bits per heavy atom. The van der Waals surface area contributed by atoms with E-state index in [4.69, 9.17) is 11.6 Å². The molecular formula is C19H18ClN3O4. The minimum atomic E-state index is -0.651. The number of nitrogens with zero attached hydrogens (tertiary/aromatic N) is 1. The molecule has 1 heterocycles. The number of carbonyl (C=O) groups is 3. The molecule has 2 aromatic carbocycles. The van der Waals surface area contributed by atoms with Crippen LogP contribution >= 0.6 is 11.6 Å². The van der Waals surface area contributed by atoms with Gasteiger partial charge >= 0.3 is 6.03 Å². The van der Waals surface area contributed by atoms with Crippen molar-refractivity contribution in [1.29, 1.82) is 0 Å². The van der Waals surface area contributed by atoms with Crippen molar-refractivity contribution in [2.75, 3.05) is 10.6 Å². The Morgan fingerprint density at radius 2 is 1.67 bits per heavy atom. The van der Waals surface area contributed by atoms with E-state index >= 15 is 0 Å². The number of aromatic hydroxyl groups is 1. The van der Waals surface area contributed by atoms with Gasteiger partial charge in [-0.05, 0) is 57.2 Å². The Bertz CT molecular complexity index is 966. The van der Waals surface area contributed by atoms with Crippen LogP contribution in [-0.2, 0) is 0 Å². The van der Waals surface area contributed by atoms with Gasteiger partial charge in [-0.25, -0.2) is 4.79 Å². The first-order valence-electron chi connectivity index (χ1n) is 8.17. The first kappa shape index (κ1) is 18.7. The smallest absolute Gasteiger partial charge is 0.323 e. The van der Waals surface area contributed by atoms with Crippen molar-refractivity contribution in [2.45, 2.75) is 26.3 Å². The summed E-state index contributed by atoms with van der Waals surface area (Å²) < 4.78 is 0. The summed E-state index contributed by atoms with van der Waals surface area (Å²) in [5.74, 6) is -0.897. The lowest BCUT2D eigenvalue weighted by molar-refractivity contribution is 0.0507. The van der Waals surface area contributed by atoms with Gasteiger partial charge in [0.25, 0.3) is 11.8 Å². The summed E-state index contributed by atoms with van der Waals surface area (Å²) in [4.78, 5) is 38.4. The number of amides is 4. The largest absolute Gasteiger partial charge is 0.506 e. The summed E-state index contributed by atoms with van der Waals surface area (Å²) >= 11 is 5.85. The second kappa shape index (κ2) is 6.59. The Hall–Kier alpha value is -3.06. The van der Waals surface area contributed by atoms with Gasteiger partial charge in [-0.15, -0.1) is 0 Å².